The van der Waals surface area contributed by atoms with E-state index in [4.69, 9.17) is 0 Å². The summed E-state index contributed by atoms with van der Waals surface area (Å²) in [6, 6.07) is 13.9. The number of rotatable bonds is 8. The zero-order valence-corrected chi connectivity index (χ0v) is 17.6. The molecule has 2 amide bonds. The number of hydrogen-bond donors (Lipinski definition) is 3. The largest absolute Gasteiger partial charge is 0.389 e. The molecule has 1 aliphatic heterocycles. The maximum atomic E-state index is 13.0. The highest BCUT2D eigenvalue weighted by Gasteiger charge is 2.19. The van der Waals surface area contributed by atoms with Crippen LogP contribution in [0.2, 0.25) is 0 Å². The SMILES string of the molecule is CC(O)c1cccc(NC(=O)NCCCN2CCC(Cc3ccc(F)cc3)CC2)c1. The van der Waals surface area contributed by atoms with E-state index in [1.165, 1.54) is 17.7 Å². The zero-order chi connectivity index (χ0) is 21.3. The van der Waals surface area contributed by atoms with Crippen LogP contribution in [0.15, 0.2) is 48.5 Å². The Hall–Kier alpha value is -2.44. The van der Waals surface area contributed by atoms with E-state index in [-0.39, 0.29) is 11.8 Å². The van der Waals surface area contributed by atoms with Crippen molar-refractivity contribution in [1.82, 2.24) is 10.2 Å². The summed E-state index contributed by atoms with van der Waals surface area (Å²) in [5, 5.41) is 15.3. The summed E-state index contributed by atoms with van der Waals surface area (Å²) >= 11 is 0. The Morgan fingerprint density at radius 2 is 1.93 bits per heavy atom. The molecular formula is C24H32FN3O2. The van der Waals surface area contributed by atoms with Crippen molar-refractivity contribution in [2.75, 3.05) is 31.5 Å². The second kappa shape index (κ2) is 11.1. The quantitative estimate of drug-likeness (QED) is 0.564. The van der Waals surface area contributed by atoms with E-state index in [9.17, 15) is 14.3 Å². The first kappa shape index (κ1) is 22.2. The van der Waals surface area contributed by atoms with Crippen LogP contribution in [0, 0.1) is 11.7 Å². The third-order valence-electron chi connectivity index (χ3n) is 5.71. The van der Waals surface area contributed by atoms with Gasteiger partial charge in [-0.3, -0.25) is 0 Å². The Balaban J connectivity index is 1.29. The predicted octanol–water partition coefficient (Wildman–Crippen LogP) is 4.35. The molecule has 0 saturated carbocycles. The number of piperidine rings is 1. The van der Waals surface area contributed by atoms with Crippen LogP contribution < -0.4 is 10.6 Å². The second-order valence-electron chi connectivity index (χ2n) is 8.15. The number of carbonyl (C=O) groups excluding carboxylic acids is 1. The number of likely N-dealkylation sites (tertiary alicyclic amines) is 1. The Labute approximate surface area is 178 Å². The minimum atomic E-state index is -0.561. The van der Waals surface area contributed by atoms with Crippen LogP contribution in [0.4, 0.5) is 14.9 Å². The molecule has 5 nitrogen and oxygen atoms in total. The Bertz CT molecular complexity index is 802. The molecule has 2 aromatic carbocycles. The lowest BCUT2D eigenvalue weighted by Gasteiger charge is -2.32. The van der Waals surface area contributed by atoms with Gasteiger partial charge in [0.2, 0.25) is 0 Å². The molecule has 0 aliphatic carbocycles. The van der Waals surface area contributed by atoms with E-state index in [0.717, 1.165) is 50.9 Å². The molecule has 3 rings (SSSR count). The minimum Gasteiger partial charge on any atom is -0.389 e. The van der Waals surface area contributed by atoms with E-state index in [1.807, 2.05) is 30.3 Å². The topological polar surface area (TPSA) is 64.6 Å². The molecule has 0 aromatic heterocycles. The number of nitrogens with zero attached hydrogens (tertiary/aromatic N) is 1. The predicted molar refractivity (Wildman–Crippen MR) is 118 cm³/mol. The van der Waals surface area contributed by atoms with E-state index in [0.29, 0.717) is 18.2 Å². The highest BCUT2D eigenvalue weighted by atomic mass is 19.1. The van der Waals surface area contributed by atoms with Crippen molar-refractivity contribution >= 4 is 11.7 Å². The van der Waals surface area contributed by atoms with Gasteiger partial charge in [0.25, 0.3) is 0 Å². The highest BCUT2D eigenvalue weighted by Crippen LogP contribution is 2.22. The highest BCUT2D eigenvalue weighted by molar-refractivity contribution is 5.89. The van der Waals surface area contributed by atoms with Crippen molar-refractivity contribution in [1.29, 1.82) is 0 Å². The smallest absolute Gasteiger partial charge is 0.319 e. The molecule has 2 aromatic rings. The van der Waals surface area contributed by atoms with Gasteiger partial charge in [-0.2, -0.15) is 0 Å². The number of hydrogen-bond acceptors (Lipinski definition) is 3. The fraction of sp³-hybridized carbons (Fsp3) is 0.458. The van der Waals surface area contributed by atoms with Gasteiger partial charge in [0.05, 0.1) is 6.10 Å². The van der Waals surface area contributed by atoms with E-state index in [2.05, 4.69) is 15.5 Å². The molecule has 0 spiro atoms. The molecule has 3 N–H and O–H groups in total. The average Bonchev–Trinajstić information content (AvgIpc) is 2.74. The number of benzene rings is 2. The Kier molecular flexibility index (Phi) is 8.22. The van der Waals surface area contributed by atoms with Crippen LogP contribution in [0.25, 0.3) is 0 Å². The van der Waals surface area contributed by atoms with Crippen molar-refractivity contribution < 1.29 is 14.3 Å². The van der Waals surface area contributed by atoms with E-state index in [1.54, 1.807) is 13.0 Å². The lowest BCUT2D eigenvalue weighted by Crippen LogP contribution is -2.37. The van der Waals surface area contributed by atoms with Gasteiger partial charge in [-0.15, -0.1) is 0 Å². The number of urea groups is 1. The summed E-state index contributed by atoms with van der Waals surface area (Å²) in [6.07, 6.45) is 3.68. The number of anilines is 1. The number of aliphatic hydroxyl groups excluding tert-OH is 1. The van der Waals surface area contributed by atoms with Gasteiger partial charge in [0.1, 0.15) is 5.82 Å². The fourth-order valence-corrected chi connectivity index (χ4v) is 3.92. The number of carbonyl (C=O) groups is 1. The summed E-state index contributed by atoms with van der Waals surface area (Å²) in [5.74, 6) is 0.483. The Morgan fingerprint density at radius 1 is 1.20 bits per heavy atom. The molecule has 162 valence electrons. The molecule has 0 radical (unpaired) electrons. The number of aliphatic hydroxyl groups is 1. The Morgan fingerprint density at radius 3 is 2.63 bits per heavy atom. The van der Waals surface area contributed by atoms with Gasteiger partial charge in [0.15, 0.2) is 0 Å². The summed E-state index contributed by atoms with van der Waals surface area (Å²) in [4.78, 5) is 14.5. The molecule has 1 fully saturated rings. The monoisotopic (exact) mass is 413 g/mol. The molecule has 0 bridgehead atoms. The van der Waals surface area contributed by atoms with Gasteiger partial charge >= 0.3 is 6.03 Å². The summed E-state index contributed by atoms with van der Waals surface area (Å²) in [7, 11) is 0. The molecule has 30 heavy (non-hydrogen) atoms. The number of nitrogens with one attached hydrogen (secondary N) is 2. The van der Waals surface area contributed by atoms with Crippen molar-refractivity contribution in [3.05, 3.63) is 65.5 Å². The van der Waals surface area contributed by atoms with Gasteiger partial charge < -0.3 is 20.6 Å². The lowest BCUT2D eigenvalue weighted by molar-refractivity contribution is 0.182. The maximum absolute atomic E-state index is 13.0. The first-order valence-electron chi connectivity index (χ1n) is 10.8. The van der Waals surface area contributed by atoms with Crippen molar-refractivity contribution in [3.63, 3.8) is 0 Å². The van der Waals surface area contributed by atoms with Crippen LogP contribution >= 0.6 is 0 Å². The van der Waals surface area contributed by atoms with Gasteiger partial charge in [-0.25, -0.2) is 9.18 Å². The summed E-state index contributed by atoms with van der Waals surface area (Å²) in [5.41, 5.74) is 2.66. The summed E-state index contributed by atoms with van der Waals surface area (Å²) < 4.78 is 13.0. The minimum absolute atomic E-state index is 0.177. The van der Waals surface area contributed by atoms with Crippen LogP contribution in [0.3, 0.4) is 0 Å². The van der Waals surface area contributed by atoms with Crippen LogP contribution in [-0.4, -0.2) is 42.2 Å². The molecule has 1 atom stereocenters. The van der Waals surface area contributed by atoms with Gasteiger partial charge in [-0.05, 0) is 93.6 Å². The van der Waals surface area contributed by atoms with Gasteiger partial charge in [-0.1, -0.05) is 24.3 Å². The third-order valence-corrected chi connectivity index (χ3v) is 5.71. The van der Waals surface area contributed by atoms with Crippen molar-refractivity contribution in [2.24, 2.45) is 5.92 Å². The van der Waals surface area contributed by atoms with Crippen LogP contribution in [0.5, 0.6) is 0 Å². The van der Waals surface area contributed by atoms with Crippen molar-refractivity contribution in [2.45, 2.75) is 38.7 Å². The van der Waals surface area contributed by atoms with E-state index < -0.39 is 6.10 Å². The zero-order valence-electron chi connectivity index (χ0n) is 17.6. The number of halogens is 1. The third kappa shape index (κ3) is 7.11. The summed E-state index contributed by atoms with van der Waals surface area (Å²) in [6.45, 7) is 5.44. The second-order valence-corrected chi connectivity index (χ2v) is 8.15. The number of amides is 2. The first-order chi connectivity index (χ1) is 14.5. The van der Waals surface area contributed by atoms with E-state index >= 15 is 0 Å². The average molecular weight is 414 g/mol. The molecule has 1 aliphatic rings. The van der Waals surface area contributed by atoms with Crippen LogP contribution in [-0.2, 0) is 6.42 Å². The first-order valence-corrected chi connectivity index (χ1v) is 10.8. The molecular weight excluding hydrogens is 381 g/mol. The normalized spacial score (nSPS) is 16.2. The maximum Gasteiger partial charge on any atom is 0.319 e. The fourth-order valence-electron chi connectivity index (χ4n) is 3.92. The molecule has 6 heteroatoms. The standard InChI is InChI=1S/C24H32FN3O2/c1-18(29)21-4-2-5-23(17-21)27-24(30)26-12-3-13-28-14-10-20(11-15-28)16-19-6-8-22(25)9-7-19/h2,4-9,17-18,20,29H,3,10-16H2,1H3,(H2,26,27,30). The molecule has 1 unspecified atom stereocenters. The van der Waals surface area contributed by atoms with Crippen molar-refractivity contribution in [3.8, 4) is 0 Å². The lowest BCUT2D eigenvalue weighted by atomic mass is 9.90. The molecule has 1 saturated heterocycles. The molecule has 1 heterocycles. The van der Waals surface area contributed by atoms with Crippen LogP contribution in [0.1, 0.15) is 43.4 Å². The van der Waals surface area contributed by atoms with Gasteiger partial charge in [0, 0.05) is 12.2 Å².